The molecule has 0 aliphatic rings. The first-order valence-electron chi connectivity index (χ1n) is 7.66. The Balaban J connectivity index is 0.00000106. The van der Waals surface area contributed by atoms with Gasteiger partial charge in [0.15, 0.2) is 0 Å². The van der Waals surface area contributed by atoms with E-state index in [0.29, 0.717) is 13.0 Å². The zero-order valence-electron chi connectivity index (χ0n) is 13.2. The van der Waals surface area contributed by atoms with Gasteiger partial charge in [-0.1, -0.05) is 75.4 Å². The molecule has 0 saturated heterocycles. The summed E-state index contributed by atoms with van der Waals surface area (Å²) in [6.07, 6.45) is 1.48. The van der Waals surface area contributed by atoms with Crippen LogP contribution in [-0.2, 0) is 24.2 Å². The van der Waals surface area contributed by atoms with E-state index >= 15 is 0 Å². The van der Waals surface area contributed by atoms with Gasteiger partial charge in [0, 0.05) is 6.54 Å². The summed E-state index contributed by atoms with van der Waals surface area (Å²) in [5.41, 5.74) is 3.50. The third kappa shape index (κ3) is 6.26. The van der Waals surface area contributed by atoms with Crippen molar-refractivity contribution in [1.29, 1.82) is 0 Å². The van der Waals surface area contributed by atoms with Crippen LogP contribution in [0.4, 0.5) is 0 Å². The molecule has 2 aromatic carbocycles. The molecule has 0 atom stereocenters. The highest BCUT2D eigenvalue weighted by atomic mass is 16.1. The van der Waals surface area contributed by atoms with E-state index in [-0.39, 0.29) is 5.91 Å². The van der Waals surface area contributed by atoms with Crippen LogP contribution in [0.1, 0.15) is 37.5 Å². The lowest BCUT2D eigenvalue weighted by Gasteiger charge is -2.06. The first-order chi connectivity index (χ1) is 10.3. The molecule has 112 valence electrons. The molecular weight excluding hydrogens is 258 g/mol. The zero-order valence-corrected chi connectivity index (χ0v) is 13.2. The molecule has 2 heteroatoms. The molecule has 0 bridgehead atoms. The van der Waals surface area contributed by atoms with Crippen LogP contribution >= 0.6 is 0 Å². The Morgan fingerprint density at radius 3 is 2.00 bits per heavy atom. The molecule has 2 nitrogen and oxygen atoms in total. The van der Waals surface area contributed by atoms with Crippen LogP contribution in [0.2, 0.25) is 0 Å². The van der Waals surface area contributed by atoms with E-state index in [2.05, 4.69) is 36.5 Å². The van der Waals surface area contributed by atoms with Crippen LogP contribution in [0.5, 0.6) is 0 Å². The molecule has 21 heavy (non-hydrogen) atoms. The smallest absolute Gasteiger partial charge is 0.224 e. The Morgan fingerprint density at radius 2 is 1.43 bits per heavy atom. The Kier molecular flexibility index (Phi) is 7.88. The van der Waals surface area contributed by atoms with Crippen molar-refractivity contribution < 1.29 is 4.79 Å². The van der Waals surface area contributed by atoms with Gasteiger partial charge in [-0.15, -0.1) is 0 Å². The van der Waals surface area contributed by atoms with Gasteiger partial charge in [0.1, 0.15) is 0 Å². The van der Waals surface area contributed by atoms with Crippen LogP contribution in [-0.4, -0.2) is 5.91 Å². The zero-order chi connectivity index (χ0) is 15.5. The van der Waals surface area contributed by atoms with Gasteiger partial charge in [0.05, 0.1) is 6.42 Å². The molecule has 0 fully saturated rings. The number of hydrogen-bond acceptors (Lipinski definition) is 1. The van der Waals surface area contributed by atoms with Crippen LogP contribution in [0.15, 0.2) is 54.6 Å². The fraction of sp³-hybridized carbons (Fsp3) is 0.316. The lowest BCUT2D eigenvalue weighted by Crippen LogP contribution is -2.24. The number of hydrogen-bond donors (Lipinski definition) is 1. The molecule has 0 aromatic heterocycles. The molecule has 0 radical (unpaired) electrons. The summed E-state index contributed by atoms with van der Waals surface area (Å²) in [5.74, 6) is 0.0609. The maximum absolute atomic E-state index is 11.8. The Labute approximate surface area is 128 Å². The lowest BCUT2D eigenvalue weighted by molar-refractivity contribution is -0.120. The van der Waals surface area contributed by atoms with Gasteiger partial charge in [-0.25, -0.2) is 0 Å². The minimum absolute atomic E-state index is 0.0609. The summed E-state index contributed by atoms with van der Waals surface area (Å²) in [4.78, 5) is 11.8. The monoisotopic (exact) mass is 283 g/mol. The molecule has 0 spiro atoms. The molecular formula is C19H25NO. The predicted octanol–water partition coefficient (Wildman–Crippen LogP) is 4.13. The molecule has 0 aliphatic carbocycles. The normalized spacial score (nSPS) is 9.48. The summed E-state index contributed by atoms with van der Waals surface area (Å²) < 4.78 is 0. The molecule has 2 aromatic rings. The van der Waals surface area contributed by atoms with E-state index in [0.717, 1.165) is 17.5 Å². The average Bonchev–Trinajstić information content (AvgIpc) is 2.56. The van der Waals surface area contributed by atoms with Crippen molar-refractivity contribution in [3.63, 3.8) is 0 Å². The minimum atomic E-state index is 0.0609. The van der Waals surface area contributed by atoms with E-state index < -0.39 is 0 Å². The molecule has 1 amide bonds. The van der Waals surface area contributed by atoms with Gasteiger partial charge < -0.3 is 5.32 Å². The Bertz CT molecular complexity index is 517. The van der Waals surface area contributed by atoms with Gasteiger partial charge in [0.2, 0.25) is 5.91 Å². The van der Waals surface area contributed by atoms with Crippen LogP contribution in [0.3, 0.4) is 0 Å². The second kappa shape index (κ2) is 9.76. The lowest BCUT2D eigenvalue weighted by atomic mass is 10.1. The summed E-state index contributed by atoms with van der Waals surface area (Å²) in [5, 5.41) is 2.95. The fourth-order valence-corrected chi connectivity index (χ4v) is 1.94. The van der Waals surface area contributed by atoms with Crippen molar-refractivity contribution in [2.45, 2.75) is 40.2 Å². The first-order valence-corrected chi connectivity index (χ1v) is 7.66. The van der Waals surface area contributed by atoms with Gasteiger partial charge in [0.25, 0.3) is 0 Å². The fourth-order valence-electron chi connectivity index (χ4n) is 1.94. The highest BCUT2D eigenvalue weighted by Crippen LogP contribution is 2.05. The average molecular weight is 283 g/mol. The maximum Gasteiger partial charge on any atom is 0.224 e. The third-order valence-electron chi connectivity index (χ3n) is 3.13. The molecule has 0 aliphatic heterocycles. The van der Waals surface area contributed by atoms with Crippen molar-refractivity contribution in [2.24, 2.45) is 0 Å². The van der Waals surface area contributed by atoms with Gasteiger partial charge in [-0.2, -0.15) is 0 Å². The number of nitrogens with one attached hydrogen (secondary N) is 1. The van der Waals surface area contributed by atoms with Crippen molar-refractivity contribution in [1.82, 2.24) is 5.32 Å². The van der Waals surface area contributed by atoms with Crippen molar-refractivity contribution in [3.8, 4) is 0 Å². The maximum atomic E-state index is 11.8. The highest BCUT2D eigenvalue weighted by Gasteiger charge is 2.02. The Hall–Kier alpha value is -2.09. The quantitative estimate of drug-likeness (QED) is 0.878. The molecule has 0 saturated carbocycles. The minimum Gasteiger partial charge on any atom is -0.352 e. The van der Waals surface area contributed by atoms with Crippen LogP contribution in [0, 0.1) is 0 Å². The first kappa shape index (κ1) is 17.0. The summed E-state index contributed by atoms with van der Waals surface area (Å²) >= 11 is 0. The molecule has 0 unspecified atom stereocenters. The van der Waals surface area contributed by atoms with Gasteiger partial charge in [-0.3, -0.25) is 4.79 Å². The number of amides is 1. The Morgan fingerprint density at radius 1 is 0.857 bits per heavy atom. The molecule has 1 N–H and O–H groups in total. The predicted molar refractivity (Wildman–Crippen MR) is 89.2 cm³/mol. The summed E-state index contributed by atoms with van der Waals surface area (Å²) in [6.45, 7) is 6.73. The standard InChI is InChI=1S/C17H19NO.C2H6/c1-2-14-8-10-16(11-9-14)13-18-17(19)12-15-6-4-3-5-7-15;1-2/h3-11H,2,12-13H2,1H3,(H,18,19);1-2H3. The molecule has 0 heterocycles. The molecule has 2 rings (SSSR count). The number of rotatable bonds is 5. The topological polar surface area (TPSA) is 29.1 Å². The second-order valence-electron chi connectivity index (χ2n) is 4.61. The van der Waals surface area contributed by atoms with Crippen LogP contribution in [0.25, 0.3) is 0 Å². The number of benzene rings is 2. The van der Waals surface area contributed by atoms with E-state index in [4.69, 9.17) is 0 Å². The van der Waals surface area contributed by atoms with Crippen molar-refractivity contribution in [3.05, 3.63) is 71.3 Å². The number of carbonyl (C=O) groups is 1. The van der Waals surface area contributed by atoms with E-state index in [1.165, 1.54) is 5.56 Å². The number of carbonyl (C=O) groups excluding carboxylic acids is 1. The summed E-state index contributed by atoms with van der Waals surface area (Å²) in [7, 11) is 0. The van der Waals surface area contributed by atoms with Gasteiger partial charge >= 0.3 is 0 Å². The van der Waals surface area contributed by atoms with E-state index in [1.807, 2.05) is 44.2 Å². The van der Waals surface area contributed by atoms with E-state index in [9.17, 15) is 4.79 Å². The van der Waals surface area contributed by atoms with Crippen molar-refractivity contribution >= 4 is 5.91 Å². The highest BCUT2D eigenvalue weighted by molar-refractivity contribution is 5.78. The van der Waals surface area contributed by atoms with Crippen LogP contribution < -0.4 is 5.32 Å². The van der Waals surface area contributed by atoms with Crippen molar-refractivity contribution in [2.75, 3.05) is 0 Å². The summed E-state index contributed by atoms with van der Waals surface area (Å²) in [6, 6.07) is 18.2. The second-order valence-corrected chi connectivity index (χ2v) is 4.61. The SMILES string of the molecule is CC.CCc1ccc(CNC(=O)Cc2ccccc2)cc1. The largest absolute Gasteiger partial charge is 0.352 e. The number of aryl methyl sites for hydroxylation is 1. The van der Waals surface area contributed by atoms with E-state index in [1.54, 1.807) is 0 Å². The van der Waals surface area contributed by atoms with Gasteiger partial charge in [-0.05, 0) is 23.1 Å². The third-order valence-corrected chi connectivity index (χ3v) is 3.13.